The third-order valence-corrected chi connectivity index (χ3v) is 3.16. The van der Waals surface area contributed by atoms with Crippen molar-refractivity contribution in [3.63, 3.8) is 0 Å². The zero-order valence-corrected chi connectivity index (χ0v) is 11.2. The zero-order valence-electron chi connectivity index (χ0n) is 11.2. The molecule has 0 bridgehead atoms. The standard InChI is InChI=1S/C14H19FN2O2/c1-3-16-14(18)9(2)17-8-12-7-10-6-11(15)4-5-13(10)19-12/h4-6,9,12,17H,3,7-8H2,1-2H3,(H,16,18). The van der Waals surface area contributed by atoms with Crippen molar-refractivity contribution in [2.45, 2.75) is 32.4 Å². The molecule has 0 radical (unpaired) electrons. The number of amides is 1. The van der Waals surface area contributed by atoms with E-state index in [0.717, 1.165) is 11.3 Å². The molecule has 0 aliphatic carbocycles. The molecule has 1 aliphatic rings. The fourth-order valence-electron chi connectivity index (χ4n) is 2.13. The van der Waals surface area contributed by atoms with Gasteiger partial charge in [-0.3, -0.25) is 4.79 Å². The van der Waals surface area contributed by atoms with Crippen LogP contribution in [0.4, 0.5) is 4.39 Å². The number of carbonyl (C=O) groups excluding carboxylic acids is 1. The Bertz CT molecular complexity index is 465. The molecule has 2 atom stereocenters. The van der Waals surface area contributed by atoms with Gasteiger partial charge in [0.15, 0.2) is 0 Å². The van der Waals surface area contributed by atoms with Gasteiger partial charge in [-0.05, 0) is 32.0 Å². The molecular weight excluding hydrogens is 247 g/mol. The number of likely N-dealkylation sites (N-methyl/N-ethyl adjacent to an activating group) is 1. The second kappa shape index (κ2) is 6.02. The summed E-state index contributed by atoms with van der Waals surface area (Å²) in [4.78, 5) is 11.5. The predicted octanol–water partition coefficient (Wildman–Crippen LogP) is 1.24. The summed E-state index contributed by atoms with van der Waals surface area (Å²) in [6.07, 6.45) is 0.621. The summed E-state index contributed by atoms with van der Waals surface area (Å²) >= 11 is 0. The highest BCUT2D eigenvalue weighted by molar-refractivity contribution is 5.81. The number of fused-ring (bicyclic) bond motifs is 1. The van der Waals surface area contributed by atoms with Crippen LogP contribution in [-0.2, 0) is 11.2 Å². The Labute approximate surface area is 112 Å². The van der Waals surface area contributed by atoms with Crippen molar-refractivity contribution < 1.29 is 13.9 Å². The van der Waals surface area contributed by atoms with Gasteiger partial charge in [-0.1, -0.05) is 0 Å². The van der Waals surface area contributed by atoms with Gasteiger partial charge in [0.2, 0.25) is 5.91 Å². The molecule has 104 valence electrons. The lowest BCUT2D eigenvalue weighted by molar-refractivity contribution is -0.122. The van der Waals surface area contributed by atoms with Gasteiger partial charge in [-0.25, -0.2) is 4.39 Å². The van der Waals surface area contributed by atoms with E-state index in [4.69, 9.17) is 4.74 Å². The summed E-state index contributed by atoms with van der Waals surface area (Å²) in [6.45, 7) is 4.88. The molecular formula is C14H19FN2O2. The largest absolute Gasteiger partial charge is 0.488 e. The van der Waals surface area contributed by atoms with Crippen LogP contribution in [0.15, 0.2) is 18.2 Å². The van der Waals surface area contributed by atoms with Crippen molar-refractivity contribution in [1.29, 1.82) is 0 Å². The second-order valence-corrected chi connectivity index (χ2v) is 4.72. The van der Waals surface area contributed by atoms with Gasteiger partial charge in [-0.15, -0.1) is 0 Å². The topological polar surface area (TPSA) is 50.4 Å². The van der Waals surface area contributed by atoms with Gasteiger partial charge in [0.05, 0.1) is 6.04 Å². The lowest BCUT2D eigenvalue weighted by atomic mass is 10.1. The number of nitrogens with one attached hydrogen (secondary N) is 2. The lowest BCUT2D eigenvalue weighted by Gasteiger charge is -2.16. The Hall–Kier alpha value is -1.62. The summed E-state index contributed by atoms with van der Waals surface area (Å²) in [5, 5.41) is 5.88. The first-order valence-electron chi connectivity index (χ1n) is 6.56. The van der Waals surface area contributed by atoms with Crippen molar-refractivity contribution in [2.24, 2.45) is 0 Å². The molecule has 1 aromatic carbocycles. The Morgan fingerprint density at radius 3 is 3.11 bits per heavy atom. The number of ether oxygens (including phenoxy) is 1. The highest BCUT2D eigenvalue weighted by atomic mass is 19.1. The number of benzene rings is 1. The molecule has 1 amide bonds. The Kier molecular flexibility index (Phi) is 4.37. The molecule has 4 nitrogen and oxygen atoms in total. The monoisotopic (exact) mass is 266 g/mol. The van der Waals surface area contributed by atoms with Crippen LogP contribution in [0.25, 0.3) is 0 Å². The summed E-state index contributed by atoms with van der Waals surface area (Å²) in [6, 6.07) is 4.29. The first-order chi connectivity index (χ1) is 9.10. The highest BCUT2D eigenvalue weighted by Crippen LogP contribution is 2.28. The van der Waals surface area contributed by atoms with E-state index in [1.165, 1.54) is 12.1 Å². The minimum absolute atomic E-state index is 0.0240. The average Bonchev–Trinajstić information content (AvgIpc) is 2.78. The van der Waals surface area contributed by atoms with E-state index in [1.807, 2.05) is 13.8 Å². The molecule has 0 saturated carbocycles. The molecule has 2 unspecified atom stereocenters. The van der Waals surface area contributed by atoms with Crippen molar-refractivity contribution in [3.8, 4) is 5.75 Å². The first kappa shape index (κ1) is 13.8. The van der Waals surface area contributed by atoms with Crippen LogP contribution in [0.3, 0.4) is 0 Å². The van der Waals surface area contributed by atoms with Crippen LogP contribution in [0.2, 0.25) is 0 Å². The fraction of sp³-hybridized carbons (Fsp3) is 0.500. The quantitative estimate of drug-likeness (QED) is 0.843. The van der Waals surface area contributed by atoms with Crippen LogP contribution in [0.5, 0.6) is 5.75 Å². The maximum Gasteiger partial charge on any atom is 0.236 e. The molecule has 1 aromatic rings. The molecule has 1 aliphatic heterocycles. The van der Waals surface area contributed by atoms with Gasteiger partial charge in [0, 0.05) is 25.1 Å². The molecule has 0 spiro atoms. The van der Waals surface area contributed by atoms with Crippen LogP contribution in [-0.4, -0.2) is 31.1 Å². The zero-order chi connectivity index (χ0) is 13.8. The van der Waals surface area contributed by atoms with Gasteiger partial charge in [0.25, 0.3) is 0 Å². The van der Waals surface area contributed by atoms with Crippen LogP contribution >= 0.6 is 0 Å². The average molecular weight is 266 g/mol. The number of carbonyl (C=O) groups is 1. The number of halogens is 1. The van der Waals surface area contributed by atoms with E-state index >= 15 is 0 Å². The van der Waals surface area contributed by atoms with E-state index in [0.29, 0.717) is 19.5 Å². The highest BCUT2D eigenvalue weighted by Gasteiger charge is 2.24. The van der Waals surface area contributed by atoms with Crippen molar-refractivity contribution >= 4 is 5.91 Å². The van der Waals surface area contributed by atoms with E-state index in [9.17, 15) is 9.18 Å². The van der Waals surface area contributed by atoms with E-state index in [-0.39, 0.29) is 23.9 Å². The normalized spacial score (nSPS) is 18.6. The molecule has 5 heteroatoms. The SMILES string of the molecule is CCNC(=O)C(C)NCC1Cc2cc(F)ccc2O1. The second-order valence-electron chi connectivity index (χ2n) is 4.72. The van der Waals surface area contributed by atoms with Crippen LogP contribution < -0.4 is 15.4 Å². The van der Waals surface area contributed by atoms with E-state index < -0.39 is 0 Å². The molecule has 19 heavy (non-hydrogen) atoms. The van der Waals surface area contributed by atoms with Gasteiger partial charge in [-0.2, -0.15) is 0 Å². The molecule has 0 fully saturated rings. The number of rotatable bonds is 5. The molecule has 2 rings (SSSR count). The smallest absolute Gasteiger partial charge is 0.236 e. The minimum atomic E-state index is -0.260. The fourth-order valence-corrected chi connectivity index (χ4v) is 2.13. The Balaban J connectivity index is 1.82. The lowest BCUT2D eigenvalue weighted by Crippen LogP contribution is -2.45. The number of hydrogen-bond donors (Lipinski definition) is 2. The van der Waals surface area contributed by atoms with Crippen molar-refractivity contribution in [3.05, 3.63) is 29.6 Å². The third kappa shape index (κ3) is 3.44. The molecule has 1 heterocycles. The van der Waals surface area contributed by atoms with Crippen molar-refractivity contribution in [2.75, 3.05) is 13.1 Å². The molecule has 0 saturated heterocycles. The summed E-state index contributed by atoms with van der Waals surface area (Å²) in [5.74, 6) is 0.467. The minimum Gasteiger partial charge on any atom is -0.488 e. The maximum absolute atomic E-state index is 13.1. The summed E-state index contributed by atoms with van der Waals surface area (Å²) < 4.78 is 18.8. The molecule has 2 N–H and O–H groups in total. The van der Waals surface area contributed by atoms with Gasteiger partial charge < -0.3 is 15.4 Å². The van der Waals surface area contributed by atoms with Crippen LogP contribution in [0.1, 0.15) is 19.4 Å². The van der Waals surface area contributed by atoms with E-state index in [2.05, 4.69) is 10.6 Å². The third-order valence-electron chi connectivity index (χ3n) is 3.16. The summed E-state index contributed by atoms with van der Waals surface area (Å²) in [5.41, 5.74) is 0.887. The van der Waals surface area contributed by atoms with Crippen molar-refractivity contribution in [1.82, 2.24) is 10.6 Å². The number of hydrogen-bond acceptors (Lipinski definition) is 3. The van der Waals surface area contributed by atoms with Gasteiger partial charge in [0.1, 0.15) is 17.7 Å². The maximum atomic E-state index is 13.1. The van der Waals surface area contributed by atoms with E-state index in [1.54, 1.807) is 6.07 Å². The van der Waals surface area contributed by atoms with Gasteiger partial charge >= 0.3 is 0 Å². The van der Waals surface area contributed by atoms with Crippen LogP contribution in [0, 0.1) is 5.82 Å². The first-order valence-corrected chi connectivity index (χ1v) is 6.56. The Morgan fingerprint density at radius 2 is 2.37 bits per heavy atom. The summed E-state index contributed by atoms with van der Waals surface area (Å²) in [7, 11) is 0. The Morgan fingerprint density at radius 1 is 1.58 bits per heavy atom. The molecule has 0 aromatic heterocycles. The predicted molar refractivity (Wildman–Crippen MR) is 70.7 cm³/mol.